The van der Waals surface area contributed by atoms with Gasteiger partial charge in [0, 0.05) is 21.3 Å². The molecule has 0 heterocycles. The van der Waals surface area contributed by atoms with Gasteiger partial charge in [0.25, 0.3) is 6.48 Å². The van der Waals surface area contributed by atoms with Gasteiger partial charge in [0.05, 0.1) is 0 Å². The molecule has 0 bridgehead atoms. The van der Waals surface area contributed by atoms with Crippen molar-refractivity contribution in [3.05, 3.63) is 0 Å². The minimum atomic E-state index is -0.514. The van der Waals surface area contributed by atoms with Crippen molar-refractivity contribution in [1.82, 2.24) is 0 Å². The maximum absolute atomic E-state index is 5.21. The van der Waals surface area contributed by atoms with Gasteiger partial charge in [-0.2, -0.15) is 0 Å². The van der Waals surface area contributed by atoms with Crippen LogP contribution in [0.4, 0.5) is 0 Å². The van der Waals surface area contributed by atoms with E-state index >= 15 is 0 Å². The van der Waals surface area contributed by atoms with E-state index in [4.69, 9.17) is 5.73 Å². The molecule has 0 aromatic rings. The Bertz CT molecular complexity index is 67.8. The molecular formula is C9H23NO3. The molecule has 0 aliphatic rings. The predicted octanol–water partition coefficient (Wildman–Crippen LogP) is 1.34. The van der Waals surface area contributed by atoms with Crippen LogP contribution in [-0.4, -0.2) is 34.4 Å². The molecule has 4 nitrogen and oxygen atoms in total. The predicted molar refractivity (Wildman–Crippen MR) is 53.4 cm³/mol. The van der Waals surface area contributed by atoms with Gasteiger partial charge in [-0.15, -0.1) is 0 Å². The topological polar surface area (TPSA) is 53.7 Å². The van der Waals surface area contributed by atoms with E-state index in [1.807, 2.05) is 0 Å². The van der Waals surface area contributed by atoms with Gasteiger partial charge in [0.2, 0.25) is 0 Å². The molecular weight excluding hydrogens is 170 g/mol. The van der Waals surface area contributed by atoms with E-state index in [0.717, 1.165) is 6.54 Å². The fourth-order valence-electron chi connectivity index (χ4n) is 0.683. The largest absolute Gasteiger partial charge is 0.333 e. The Morgan fingerprint density at radius 3 is 1.54 bits per heavy atom. The molecule has 0 aromatic carbocycles. The van der Waals surface area contributed by atoms with Gasteiger partial charge in [-0.25, -0.2) is 0 Å². The summed E-state index contributed by atoms with van der Waals surface area (Å²) in [4.78, 5) is 0. The Kier molecular flexibility index (Phi) is 16.9. The summed E-state index contributed by atoms with van der Waals surface area (Å²) < 4.78 is 13.8. The number of ether oxygens (including phenoxy) is 3. The van der Waals surface area contributed by atoms with Crippen LogP contribution in [0.2, 0.25) is 0 Å². The molecule has 0 saturated heterocycles. The summed E-state index contributed by atoms with van der Waals surface area (Å²) in [6.07, 6.45) is 3.75. The maximum Gasteiger partial charge on any atom is 0.270 e. The molecule has 0 amide bonds. The van der Waals surface area contributed by atoms with E-state index in [9.17, 15) is 0 Å². The van der Waals surface area contributed by atoms with Gasteiger partial charge < -0.3 is 19.9 Å². The highest BCUT2D eigenvalue weighted by molar-refractivity contribution is 4.34. The van der Waals surface area contributed by atoms with Crippen LogP contribution in [0.1, 0.15) is 26.2 Å². The molecule has 0 saturated carbocycles. The molecule has 0 radical (unpaired) electrons. The summed E-state index contributed by atoms with van der Waals surface area (Å²) in [5.74, 6) is 0. The SMILES string of the molecule is CCCCCN.COC(OC)OC. The van der Waals surface area contributed by atoms with E-state index < -0.39 is 6.48 Å². The van der Waals surface area contributed by atoms with Crippen molar-refractivity contribution in [1.29, 1.82) is 0 Å². The molecule has 0 aliphatic carbocycles. The quantitative estimate of drug-likeness (QED) is 0.511. The first kappa shape index (κ1) is 15.3. The van der Waals surface area contributed by atoms with Crippen molar-refractivity contribution in [2.75, 3.05) is 27.9 Å². The summed E-state index contributed by atoms with van der Waals surface area (Å²) in [5.41, 5.74) is 5.21. The monoisotopic (exact) mass is 193 g/mol. The Hall–Kier alpha value is -0.160. The number of rotatable bonds is 6. The van der Waals surface area contributed by atoms with E-state index in [1.54, 1.807) is 0 Å². The van der Waals surface area contributed by atoms with Crippen LogP contribution >= 0.6 is 0 Å². The zero-order valence-electron chi connectivity index (χ0n) is 9.21. The smallest absolute Gasteiger partial charge is 0.270 e. The van der Waals surface area contributed by atoms with Crippen molar-refractivity contribution in [3.63, 3.8) is 0 Å². The van der Waals surface area contributed by atoms with Crippen LogP contribution in [0.25, 0.3) is 0 Å². The first-order valence-corrected chi connectivity index (χ1v) is 4.55. The third-order valence-electron chi connectivity index (χ3n) is 1.39. The highest BCUT2D eigenvalue weighted by Gasteiger charge is 1.96. The molecule has 0 rings (SSSR count). The van der Waals surface area contributed by atoms with Crippen LogP contribution < -0.4 is 5.73 Å². The normalized spacial score (nSPS) is 9.69. The highest BCUT2D eigenvalue weighted by atomic mass is 16.8. The van der Waals surface area contributed by atoms with Gasteiger partial charge in [0.1, 0.15) is 0 Å². The Morgan fingerprint density at radius 1 is 1.00 bits per heavy atom. The fraction of sp³-hybridized carbons (Fsp3) is 1.00. The van der Waals surface area contributed by atoms with E-state index in [2.05, 4.69) is 21.1 Å². The molecule has 0 atom stereocenters. The number of hydrogen-bond acceptors (Lipinski definition) is 4. The van der Waals surface area contributed by atoms with Crippen LogP contribution in [-0.2, 0) is 14.2 Å². The number of hydrogen-bond donors (Lipinski definition) is 1. The lowest BCUT2D eigenvalue weighted by atomic mass is 10.3. The molecule has 0 aliphatic heterocycles. The minimum absolute atomic E-state index is 0.514. The number of methoxy groups -OCH3 is 3. The van der Waals surface area contributed by atoms with Crippen molar-refractivity contribution in [2.24, 2.45) is 5.73 Å². The lowest BCUT2D eigenvalue weighted by Gasteiger charge is -2.08. The van der Waals surface area contributed by atoms with Crippen molar-refractivity contribution in [3.8, 4) is 0 Å². The van der Waals surface area contributed by atoms with E-state index in [1.165, 1.54) is 40.6 Å². The van der Waals surface area contributed by atoms with Crippen LogP contribution in [0.5, 0.6) is 0 Å². The average molecular weight is 193 g/mol. The van der Waals surface area contributed by atoms with E-state index in [-0.39, 0.29) is 0 Å². The summed E-state index contributed by atoms with van der Waals surface area (Å²) in [7, 11) is 4.53. The van der Waals surface area contributed by atoms with Crippen molar-refractivity contribution < 1.29 is 14.2 Å². The van der Waals surface area contributed by atoms with Crippen LogP contribution in [0, 0.1) is 0 Å². The molecule has 2 N–H and O–H groups in total. The van der Waals surface area contributed by atoms with Crippen LogP contribution in [0.15, 0.2) is 0 Å². The van der Waals surface area contributed by atoms with E-state index in [0.29, 0.717) is 0 Å². The van der Waals surface area contributed by atoms with Crippen molar-refractivity contribution >= 4 is 0 Å². The fourth-order valence-corrected chi connectivity index (χ4v) is 0.683. The Morgan fingerprint density at radius 2 is 1.46 bits per heavy atom. The molecule has 82 valence electrons. The van der Waals surface area contributed by atoms with Gasteiger partial charge in [-0.1, -0.05) is 19.8 Å². The second-order valence-electron chi connectivity index (χ2n) is 2.49. The molecule has 0 aromatic heterocycles. The first-order chi connectivity index (χ1) is 6.26. The third kappa shape index (κ3) is 14.7. The standard InChI is InChI=1S/C5H13N.C4H10O3/c1-2-3-4-5-6;1-5-4(6-2)7-3/h2-6H2,1H3;4H,1-3H3. The number of unbranched alkanes of at least 4 members (excludes halogenated alkanes) is 2. The molecule has 13 heavy (non-hydrogen) atoms. The van der Waals surface area contributed by atoms with Crippen LogP contribution in [0.3, 0.4) is 0 Å². The lowest BCUT2D eigenvalue weighted by Crippen LogP contribution is -2.14. The summed E-state index contributed by atoms with van der Waals surface area (Å²) in [6, 6.07) is 0. The summed E-state index contributed by atoms with van der Waals surface area (Å²) in [5, 5.41) is 0. The van der Waals surface area contributed by atoms with Crippen molar-refractivity contribution in [2.45, 2.75) is 32.7 Å². The maximum atomic E-state index is 5.21. The molecule has 4 heteroatoms. The van der Waals surface area contributed by atoms with Gasteiger partial charge in [0.15, 0.2) is 0 Å². The second kappa shape index (κ2) is 14.4. The Balaban J connectivity index is 0. The summed E-state index contributed by atoms with van der Waals surface area (Å²) in [6.45, 7) is 2.52. The molecule has 0 spiro atoms. The van der Waals surface area contributed by atoms with Gasteiger partial charge in [-0.05, 0) is 13.0 Å². The zero-order valence-corrected chi connectivity index (χ0v) is 9.21. The molecule has 0 fully saturated rings. The second-order valence-corrected chi connectivity index (χ2v) is 2.49. The average Bonchev–Trinajstić information content (AvgIpc) is 2.18. The molecule has 0 unspecified atom stereocenters. The minimum Gasteiger partial charge on any atom is -0.333 e. The summed E-state index contributed by atoms with van der Waals surface area (Å²) >= 11 is 0. The first-order valence-electron chi connectivity index (χ1n) is 4.55. The Labute approximate surface area is 81.3 Å². The third-order valence-corrected chi connectivity index (χ3v) is 1.39. The van der Waals surface area contributed by atoms with Gasteiger partial charge in [-0.3, -0.25) is 0 Å². The lowest BCUT2D eigenvalue weighted by molar-refractivity contribution is -0.252. The zero-order chi connectivity index (χ0) is 10.5. The number of nitrogens with two attached hydrogens (primary N) is 1. The highest BCUT2D eigenvalue weighted by Crippen LogP contribution is 1.88. The van der Waals surface area contributed by atoms with Gasteiger partial charge >= 0.3 is 0 Å².